The van der Waals surface area contributed by atoms with Gasteiger partial charge in [-0.3, -0.25) is 4.90 Å². The van der Waals surface area contributed by atoms with E-state index in [2.05, 4.69) is 17.0 Å². The van der Waals surface area contributed by atoms with Crippen molar-refractivity contribution in [3.05, 3.63) is 94.3 Å². The van der Waals surface area contributed by atoms with E-state index in [0.29, 0.717) is 11.6 Å². The van der Waals surface area contributed by atoms with E-state index in [4.69, 9.17) is 21.1 Å². The second-order valence-electron chi connectivity index (χ2n) is 8.98. The molecule has 0 unspecified atom stereocenters. The lowest BCUT2D eigenvalue weighted by Crippen LogP contribution is -2.29. The molecular weight excluding hydrogens is 461 g/mol. The molecular formula is C30H33ClFNO2. The molecule has 0 atom stereocenters. The van der Waals surface area contributed by atoms with E-state index in [9.17, 15) is 4.39 Å². The van der Waals surface area contributed by atoms with Crippen LogP contribution in [0.4, 0.5) is 4.39 Å². The number of ether oxygens (including phenoxy) is 2. The number of likely N-dealkylation sites (tertiary alicyclic amines) is 1. The van der Waals surface area contributed by atoms with Crippen LogP contribution in [0, 0.1) is 5.82 Å². The van der Waals surface area contributed by atoms with E-state index in [1.807, 2.05) is 49.4 Å². The van der Waals surface area contributed by atoms with Crippen LogP contribution in [0.1, 0.15) is 49.3 Å². The van der Waals surface area contributed by atoms with Gasteiger partial charge in [-0.15, -0.1) is 0 Å². The zero-order chi connectivity index (χ0) is 24.6. The molecule has 5 heteroatoms. The Morgan fingerprint density at radius 2 is 1.46 bits per heavy atom. The molecule has 0 bridgehead atoms. The van der Waals surface area contributed by atoms with E-state index < -0.39 is 0 Å². The molecule has 0 spiro atoms. The first-order chi connectivity index (χ1) is 17.0. The van der Waals surface area contributed by atoms with E-state index >= 15 is 0 Å². The molecule has 1 fully saturated rings. The smallest absolute Gasteiger partial charge is 0.165 e. The van der Waals surface area contributed by atoms with Crippen LogP contribution in [0.15, 0.2) is 66.7 Å². The van der Waals surface area contributed by atoms with Gasteiger partial charge in [0.1, 0.15) is 12.4 Å². The zero-order valence-corrected chi connectivity index (χ0v) is 21.3. The Kier molecular flexibility index (Phi) is 8.84. The third kappa shape index (κ3) is 6.65. The number of rotatable bonds is 8. The molecule has 35 heavy (non-hydrogen) atoms. The van der Waals surface area contributed by atoms with Gasteiger partial charge in [-0.2, -0.15) is 0 Å². The minimum absolute atomic E-state index is 0.233. The summed E-state index contributed by atoms with van der Waals surface area (Å²) in [5.41, 5.74) is 4.82. The van der Waals surface area contributed by atoms with Gasteiger partial charge in [0.05, 0.1) is 7.11 Å². The summed E-state index contributed by atoms with van der Waals surface area (Å²) in [7, 11) is 1.47. The summed E-state index contributed by atoms with van der Waals surface area (Å²) in [6.07, 6.45) is 5.24. The maximum absolute atomic E-state index is 14.5. The average Bonchev–Trinajstić information content (AvgIpc) is 3.15. The fourth-order valence-electron chi connectivity index (χ4n) is 4.63. The highest BCUT2D eigenvalue weighted by molar-refractivity contribution is 6.30. The van der Waals surface area contributed by atoms with E-state index in [1.165, 1.54) is 51.9 Å². The first-order valence-electron chi connectivity index (χ1n) is 12.3. The van der Waals surface area contributed by atoms with Gasteiger partial charge in [-0.1, -0.05) is 54.8 Å². The van der Waals surface area contributed by atoms with Gasteiger partial charge < -0.3 is 9.47 Å². The first kappa shape index (κ1) is 25.3. The van der Waals surface area contributed by atoms with Crippen LogP contribution < -0.4 is 9.47 Å². The van der Waals surface area contributed by atoms with Crippen molar-refractivity contribution >= 4 is 22.7 Å². The topological polar surface area (TPSA) is 21.7 Å². The number of benzene rings is 3. The lowest BCUT2D eigenvalue weighted by molar-refractivity contribution is 0.214. The summed E-state index contributed by atoms with van der Waals surface area (Å²) >= 11 is 6.15. The van der Waals surface area contributed by atoms with Gasteiger partial charge in [-0.25, -0.2) is 4.39 Å². The van der Waals surface area contributed by atoms with Gasteiger partial charge in [-0.05, 0) is 97.1 Å². The van der Waals surface area contributed by atoms with E-state index in [1.54, 1.807) is 6.07 Å². The number of nitrogens with zero attached hydrogens (tertiary/aromatic N) is 1. The molecule has 1 aliphatic heterocycles. The highest BCUT2D eigenvalue weighted by Crippen LogP contribution is 2.34. The predicted molar refractivity (Wildman–Crippen MR) is 143 cm³/mol. The molecule has 3 aromatic rings. The Hall–Kier alpha value is -2.82. The van der Waals surface area contributed by atoms with Crippen LogP contribution >= 0.6 is 11.6 Å². The Labute approximate surface area is 213 Å². The molecule has 0 aromatic heterocycles. The summed E-state index contributed by atoms with van der Waals surface area (Å²) in [5, 5.41) is 0.675. The van der Waals surface area contributed by atoms with Gasteiger partial charge in [0.15, 0.2) is 11.6 Å². The van der Waals surface area contributed by atoms with E-state index in [-0.39, 0.29) is 11.6 Å². The van der Waals surface area contributed by atoms with Crippen molar-refractivity contribution in [3.8, 4) is 11.5 Å². The second-order valence-corrected chi connectivity index (χ2v) is 9.42. The standard InChI is InChI=1S/C30H33ClFNO2/c1-22(25-11-16-29(34-2)28(32)21-25)30(23-7-12-26(31)13-8-23)24-9-14-27(15-10-24)35-20-19-33-17-5-3-4-6-18-33/h7-16,21H,3-6,17-20H2,1-2H3/b30-22+. The van der Waals surface area contributed by atoms with Gasteiger partial charge in [0, 0.05) is 11.6 Å². The van der Waals surface area contributed by atoms with Crippen molar-refractivity contribution in [2.24, 2.45) is 0 Å². The van der Waals surface area contributed by atoms with Gasteiger partial charge in [0.2, 0.25) is 0 Å². The Balaban J connectivity index is 1.57. The molecule has 1 aliphatic rings. The summed E-state index contributed by atoms with van der Waals surface area (Å²) in [4.78, 5) is 2.50. The highest BCUT2D eigenvalue weighted by atomic mass is 35.5. The van der Waals surface area contributed by atoms with Gasteiger partial charge >= 0.3 is 0 Å². The summed E-state index contributed by atoms with van der Waals surface area (Å²) in [5.74, 6) is 0.705. The minimum Gasteiger partial charge on any atom is -0.494 e. The van der Waals surface area contributed by atoms with E-state index in [0.717, 1.165) is 40.1 Å². The lowest BCUT2D eigenvalue weighted by atomic mass is 9.90. The average molecular weight is 494 g/mol. The number of methoxy groups -OCH3 is 1. The highest BCUT2D eigenvalue weighted by Gasteiger charge is 2.14. The van der Waals surface area contributed by atoms with Crippen molar-refractivity contribution in [2.45, 2.75) is 32.6 Å². The minimum atomic E-state index is -0.382. The summed E-state index contributed by atoms with van der Waals surface area (Å²) in [6, 6.07) is 20.9. The number of halogens is 2. The lowest BCUT2D eigenvalue weighted by Gasteiger charge is -2.20. The molecule has 0 saturated carbocycles. The van der Waals surface area contributed by atoms with Gasteiger partial charge in [0.25, 0.3) is 0 Å². The van der Waals surface area contributed by atoms with Crippen LogP contribution in [0.25, 0.3) is 11.1 Å². The number of hydrogen-bond acceptors (Lipinski definition) is 3. The van der Waals surface area contributed by atoms with Crippen LogP contribution in [0.3, 0.4) is 0 Å². The fraction of sp³-hybridized carbons (Fsp3) is 0.333. The Morgan fingerprint density at radius 3 is 2.06 bits per heavy atom. The SMILES string of the molecule is COc1ccc(/C(C)=C(\c2ccc(Cl)cc2)c2ccc(OCCN3CCCCCC3)cc2)cc1F. The molecule has 3 nitrogen and oxygen atoms in total. The summed E-state index contributed by atoms with van der Waals surface area (Å²) in [6.45, 7) is 5.99. The second kappa shape index (κ2) is 12.2. The van der Waals surface area contributed by atoms with Crippen molar-refractivity contribution in [2.75, 3.05) is 33.4 Å². The summed E-state index contributed by atoms with van der Waals surface area (Å²) < 4.78 is 25.6. The molecule has 0 radical (unpaired) electrons. The largest absolute Gasteiger partial charge is 0.494 e. The number of hydrogen-bond donors (Lipinski definition) is 0. The maximum atomic E-state index is 14.5. The predicted octanol–water partition coefficient (Wildman–Crippen LogP) is 7.72. The molecule has 3 aromatic carbocycles. The Morgan fingerprint density at radius 1 is 0.857 bits per heavy atom. The molecule has 4 rings (SSSR count). The van der Waals surface area contributed by atoms with Crippen LogP contribution in [-0.4, -0.2) is 38.3 Å². The molecule has 0 N–H and O–H groups in total. The monoisotopic (exact) mass is 493 g/mol. The van der Waals surface area contributed by atoms with Crippen LogP contribution in [0.2, 0.25) is 5.02 Å². The third-order valence-corrected chi connectivity index (χ3v) is 6.86. The molecule has 0 amide bonds. The van der Waals surface area contributed by atoms with Crippen molar-refractivity contribution < 1.29 is 13.9 Å². The fourth-order valence-corrected chi connectivity index (χ4v) is 4.76. The number of allylic oxidation sites excluding steroid dienone is 1. The van der Waals surface area contributed by atoms with Crippen LogP contribution in [0.5, 0.6) is 11.5 Å². The zero-order valence-electron chi connectivity index (χ0n) is 20.5. The molecule has 0 aliphatic carbocycles. The maximum Gasteiger partial charge on any atom is 0.165 e. The molecule has 1 saturated heterocycles. The van der Waals surface area contributed by atoms with Crippen molar-refractivity contribution in [1.82, 2.24) is 4.90 Å². The van der Waals surface area contributed by atoms with Crippen molar-refractivity contribution in [1.29, 1.82) is 0 Å². The normalized spacial score (nSPS) is 15.3. The Bertz CT molecular complexity index is 1130. The molecule has 1 heterocycles. The third-order valence-electron chi connectivity index (χ3n) is 6.61. The first-order valence-corrected chi connectivity index (χ1v) is 12.7. The van der Waals surface area contributed by atoms with Crippen LogP contribution in [-0.2, 0) is 0 Å². The van der Waals surface area contributed by atoms with Crippen molar-refractivity contribution in [3.63, 3.8) is 0 Å². The quantitative estimate of drug-likeness (QED) is 0.300. The molecule has 184 valence electrons.